The zero-order valence-corrected chi connectivity index (χ0v) is 12.8. The number of ether oxygens (including phenoxy) is 1. The lowest BCUT2D eigenvalue weighted by Gasteiger charge is -2.09. The number of fused-ring (bicyclic) bond motifs is 1. The maximum Gasteiger partial charge on any atom is 0.420 e. The molecule has 0 radical (unpaired) electrons. The summed E-state index contributed by atoms with van der Waals surface area (Å²) in [7, 11) is 2.30. The van der Waals surface area contributed by atoms with Crippen LogP contribution >= 0.6 is 11.5 Å². The number of nitrogens with zero attached hydrogens (tertiary/aromatic N) is 3. The van der Waals surface area contributed by atoms with Gasteiger partial charge in [-0.1, -0.05) is 12.1 Å². The molecular formula is C14H10F3N3O2S. The lowest BCUT2D eigenvalue weighted by Crippen LogP contribution is -2.16. The standard InChI is InChI=1S/C14H10F3N3O2S/c1-20-12(13(21)22-2)10(14(15,16)17)11(18-20)7-4-3-5-9-8(7)6-23-19-9/h3-6H,1-2H3. The Bertz CT molecular complexity index is 898. The molecule has 2 heterocycles. The van der Waals surface area contributed by atoms with Crippen LogP contribution in [0.15, 0.2) is 23.6 Å². The van der Waals surface area contributed by atoms with Crippen LogP contribution in [0.2, 0.25) is 0 Å². The van der Waals surface area contributed by atoms with E-state index < -0.39 is 23.4 Å². The smallest absolute Gasteiger partial charge is 0.420 e. The summed E-state index contributed by atoms with van der Waals surface area (Å²) >= 11 is 1.14. The number of alkyl halides is 3. The van der Waals surface area contributed by atoms with Crippen molar-refractivity contribution in [1.82, 2.24) is 14.2 Å². The molecule has 3 rings (SSSR count). The first-order chi connectivity index (χ1) is 10.8. The second-order valence-electron chi connectivity index (χ2n) is 4.74. The van der Waals surface area contributed by atoms with E-state index in [1.807, 2.05) is 0 Å². The maximum absolute atomic E-state index is 13.6. The Morgan fingerprint density at radius 3 is 2.74 bits per heavy atom. The average Bonchev–Trinajstić information content (AvgIpc) is 3.09. The van der Waals surface area contributed by atoms with E-state index in [1.165, 1.54) is 13.1 Å². The second-order valence-corrected chi connectivity index (χ2v) is 5.37. The first-order valence-electron chi connectivity index (χ1n) is 6.40. The monoisotopic (exact) mass is 341 g/mol. The van der Waals surface area contributed by atoms with Crippen LogP contribution in [0.3, 0.4) is 0 Å². The van der Waals surface area contributed by atoms with E-state index >= 15 is 0 Å². The van der Waals surface area contributed by atoms with Crippen molar-refractivity contribution >= 4 is 28.4 Å². The number of aromatic nitrogens is 3. The van der Waals surface area contributed by atoms with Crippen LogP contribution < -0.4 is 0 Å². The van der Waals surface area contributed by atoms with Gasteiger partial charge in [-0.2, -0.15) is 22.6 Å². The van der Waals surface area contributed by atoms with Gasteiger partial charge in [0.15, 0.2) is 5.69 Å². The van der Waals surface area contributed by atoms with Gasteiger partial charge in [0.05, 0.1) is 12.6 Å². The fourth-order valence-electron chi connectivity index (χ4n) is 2.41. The number of halogens is 3. The Hall–Kier alpha value is -2.42. The Balaban J connectivity index is 2.36. The summed E-state index contributed by atoms with van der Waals surface area (Å²) in [6, 6.07) is 4.83. The van der Waals surface area contributed by atoms with Gasteiger partial charge in [-0.25, -0.2) is 4.79 Å². The van der Waals surface area contributed by atoms with Gasteiger partial charge in [0.25, 0.3) is 0 Å². The number of benzene rings is 1. The number of aryl methyl sites for hydroxylation is 1. The molecule has 0 aliphatic carbocycles. The summed E-state index contributed by atoms with van der Waals surface area (Å²) in [5.41, 5.74) is -1.20. The lowest BCUT2D eigenvalue weighted by atomic mass is 10.0. The molecule has 5 nitrogen and oxygen atoms in total. The predicted molar refractivity (Wildman–Crippen MR) is 78.2 cm³/mol. The summed E-state index contributed by atoms with van der Waals surface area (Å²) in [5.74, 6) is -1.09. The number of carbonyl (C=O) groups is 1. The highest BCUT2D eigenvalue weighted by atomic mass is 32.1. The van der Waals surface area contributed by atoms with Gasteiger partial charge < -0.3 is 4.74 Å². The fraction of sp³-hybridized carbons (Fsp3) is 0.214. The Labute approximate surface area is 132 Å². The highest BCUT2D eigenvalue weighted by Crippen LogP contribution is 2.41. The average molecular weight is 341 g/mol. The van der Waals surface area contributed by atoms with Crippen molar-refractivity contribution in [2.45, 2.75) is 6.18 Å². The van der Waals surface area contributed by atoms with Gasteiger partial charge in [0.1, 0.15) is 11.3 Å². The molecule has 0 spiro atoms. The number of hydrogen-bond acceptors (Lipinski definition) is 5. The third-order valence-electron chi connectivity index (χ3n) is 3.37. The summed E-state index contributed by atoms with van der Waals surface area (Å²) in [6.45, 7) is 0. The second kappa shape index (κ2) is 5.34. The van der Waals surface area contributed by atoms with Crippen LogP contribution in [-0.4, -0.2) is 27.2 Å². The van der Waals surface area contributed by atoms with Crippen LogP contribution in [-0.2, 0) is 18.0 Å². The molecule has 9 heteroatoms. The summed E-state index contributed by atoms with van der Waals surface area (Å²) < 4.78 is 50.1. The molecular weight excluding hydrogens is 331 g/mol. The quantitative estimate of drug-likeness (QED) is 0.670. The molecule has 2 aromatic heterocycles. The van der Waals surface area contributed by atoms with E-state index in [9.17, 15) is 18.0 Å². The van der Waals surface area contributed by atoms with E-state index in [0.29, 0.717) is 10.9 Å². The zero-order valence-electron chi connectivity index (χ0n) is 12.0. The number of rotatable bonds is 2. The highest BCUT2D eigenvalue weighted by Gasteiger charge is 2.42. The normalized spacial score (nSPS) is 11.9. The minimum absolute atomic E-state index is 0.273. The number of methoxy groups -OCH3 is 1. The van der Waals surface area contributed by atoms with Crippen molar-refractivity contribution in [3.05, 3.63) is 34.8 Å². The van der Waals surface area contributed by atoms with Gasteiger partial charge in [-0.3, -0.25) is 4.68 Å². The van der Waals surface area contributed by atoms with Gasteiger partial charge in [0, 0.05) is 23.4 Å². The van der Waals surface area contributed by atoms with E-state index in [1.54, 1.807) is 17.5 Å². The van der Waals surface area contributed by atoms with Crippen molar-refractivity contribution in [3.8, 4) is 11.3 Å². The Morgan fingerprint density at radius 1 is 1.35 bits per heavy atom. The van der Waals surface area contributed by atoms with Crippen molar-refractivity contribution in [1.29, 1.82) is 0 Å². The van der Waals surface area contributed by atoms with Crippen LogP contribution in [0.4, 0.5) is 13.2 Å². The third-order valence-corrected chi connectivity index (χ3v) is 4.01. The maximum atomic E-state index is 13.6. The van der Waals surface area contributed by atoms with Gasteiger partial charge in [-0.15, -0.1) is 0 Å². The minimum atomic E-state index is -4.75. The first kappa shape index (κ1) is 15.5. The number of carbonyl (C=O) groups excluding carboxylic acids is 1. The van der Waals surface area contributed by atoms with Crippen molar-refractivity contribution in [2.24, 2.45) is 7.05 Å². The molecule has 0 atom stereocenters. The lowest BCUT2D eigenvalue weighted by molar-refractivity contribution is -0.137. The molecule has 0 aliphatic rings. The summed E-state index contributed by atoms with van der Waals surface area (Å²) in [4.78, 5) is 11.8. The SMILES string of the molecule is COC(=O)c1c(C(F)(F)F)c(-c2cccc3nscc23)nn1C. The van der Waals surface area contributed by atoms with Gasteiger partial charge in [0.2, 0.25) is 0 Å². The summed E-state index contributed by atoms with van der Waals surface area (Å²) in [5, 5.41) is 6.12. The molecule has 0 saturated heterocycles. The molecule has 23 heavy (non-hydrogen) atoms. The topological polar surface area (TPSA) is 57.0 Å². The molecule has 3 aromatic rings. The molecule has 0 N–H and O–H groups in total. The molecule has 120 valence electrons. The van der Waals surface area contributed by atoms with Crippen molar-refractivity contribution in [3.63, 3.8) is 0 Å². The Kier molecular flexibility index (Phi) is 3.59. The van der Waals surface area contributed by atoms with Gasteiger partial charge in [-0.05, 0) is 17.6 Å². The van der Waals surface area contributed by atoms with Crippen LogP contribution in [0, 0.1) is 0 Å². The van der Waals surface area contributed by atoms with Crippen molar-refractivity contribution in [2.75, 3.05) is 7.11 Å². The van der Waals surface area contributed by atoms with Gasteiger partial charge >= 0.3 is 12.1 Å². The molecule has 0 amide bonds. The largest absolute Gasteiger partial charge is 0.464 e. The van der Waals surface area contributed by atoms with Crippen LogP contribution in [0.1, 0.15) is 16.1 Å². The molecule has 1 aromatic carbocycles. The number of esters is 1. The predicted octanol–water partition coefficient (Wildman–Crippen LogP) is 3.50. The molecule has 0 fully saturated rings. The molecule has 0 saturated carbocycles. The minimum Gasteiger partial charge on any atom is -0.464 e. The van der Waals surface area contributed by atoms with E-state index in [4.69, 9.17) is 0 Å². The molecule has 0 aliphatic heterocycles. The van der Waals surface area contributed by atoms with E-state index in [2.05, 4.69) is 14.2 Å². The molecule has 0 unspecified atom stereocenters. The van der Waals surface area contributed by atoms with Crippen molar-refractivity contribution < 1.29 is 22.7 Å². The first-order valence-corrected chi connectivity index (χ1v) is 7.24. The Morgan fingerprint density at radius 2 is 2.09 bits per heavy atom. The summed E-state index contributed by atoms with van der Waals surface area (Å²) in [6.07, 6.45) is -4.75. The number of hydrogen-bond donors (Lipinski definition) is 0. The highest BCUT2D eigenvalue weighted by molar-refractivity contribution is 7.04. The van der Waals surface area contributed by atoms with E-state index in [-0.39, 0.29) is 11.3 Å². The van der Waals surface area contributed by atoms with Crippen LogP contribution in [0.25, 0.3) is 22.2 Å². The van der Waals surface area contributed by atoms with Crippen LogP contribution in [0.5, 0.6) is 0 Å². The molecule has 0 bridgehead atoms. The zero-order chi connectivity index (χ0) is 16.8. The van der Waals surface area contributed by atoms with E-state index in [0.717, 1.165) is 23.3 Å². The third kappa shape index (κ3) is 2.46. The fourth-order valence-corrected chi connectivity index (χ4v) is 3.09.